The minimum absolute atomic E-state index is 0.0963. The number of hydrogen-bond acceptors (Lipinski definition) is 5. The standard InChI is InChI=1S/C21H21N5O3/c1-29-18-9-5-8-17(11-18)26-13-16(10-19(26)27)20(28)23-21-22-14-25(24-21)12-15-6-3-2-4-7-15/h2-9,11,14,16H,10,12-13H2,1H3,(H,23,24,28). The average Bonchev–Trinajstić information content (AvgIpc) is 3.35. The number of anilines is 2. The van der Waals surface area contributed by atoms with Gasteiger partial charge in [-0.1, -0.05) is 36.4 Å². The molecule has 2 aromatic carbocycles. The Morgan fingerprint density at radius 3 is 2.83 bits per heavy atom. The van der Waals surface area contributed by atoms with Crippen molar-refractivity contribution >= 4 is 23.5 Å². The van der Waals surface area contributed by atoms with Gasteiger partial charge in [-0.05, 0) is 17.7 Å². The summed E-state index contributed by atoms with van der Waals surface area (Å²) in [5.74, 6) is 0.0755. The van der Waals surface area contributed by atoms with E-state index < -0.39 is 5.92 Å². The number of amides is 2. The topological polar surface area (TPSA) is 89.3 Å². The molecule has 1 aromatic heterocycles. The first kappa shape index (κ1) is 18.7. The molecule has 2 heterocycles. The Hall–Kier alpha value is -3.68. The number of carbonyl (C=O) groups excluding carboxylic acids is 2. The van der Waals surface area contributed by atoms with E-state index in [0.29, 0.717) is 18.8 Å². The predicted molar refractivity (Wildman–Crippen MR) is 108 cm³/mol. The molecule has 148 valence electrons. The molecule has 0 bridgehead atoms. The number of carbonyl (C=O) groups is 2. The maximum atomic E-state index is 12.6. The molecule has 1 aliphatic heterocycles. The molecule has 3 aromatic rings. The van der Waals surface area contributed by atoms with Crippen molar-refractivity contribution in [3.05, 3.63) is 66.5 Å². The molecule has 8 nitrogen and oxygen atoms in total. The van der Waals surface area contributed by atoms with Crippen molar-refractivity contribution in [1.29, 1.82) is 0 Å². The van der Waals surface area contributed by atoms with Gasteiger partial charge in [0.25, 0.3) is 0 Å². The van der Waals surface area contributed by atoms with E-state index in [2.05, 4.69) is 15.4 Å². The maximum Gasteiger partial charge on any atom is 0.248 e. The molecule has 0 saturated carbocycles. The van der Waals surface area contributed by atoms with Crippen LogP contribution < -0.4 is 15.0 Å². The molecular weight excluding hydrogens is 370 g/mol. The SMILES string of the molecule is COc1cccc(N2CC(C(=O)Nc3ncn(Cc4ccccc4)n3)CC2=O)c1. The molecule has 29 heavy (non-hydrogen) atoms. The predicted octanol–water partition coefficient (Wildman–Crippen LogP) is 2.33. The third-order valence-electron chi connectivity index (χ3n) is 4.82. The summed E-state index contributed by atoms with van der Waals surface area (Å²) in [7, 11) is 1.57. The average molecular weight is 391 g/mol. The van der Waals surface area contributed by atoms with Crippen LogP contribution in [0.4, 0.5) is 11.6 Å². The van der Waals surface area contributed by atoms with Crippen LogP contribution in [0.25, 0.3) is 0 Å². The van der Waals surface area contributed by atoms with Crippen molar-refractivity contribution in [2.75, 3.05) is 23.9 Å². The van der Waals surface area contributed by atoms with Gasteiger partial charge in [0.2, 0.25) is 17.8 Å². The van der Waals surface area contributed by atoms with E-state index in [0.717, 1.165) is 11.3 Å². The van der Waals surface area contributed by atoms with Crippen LogP contribution in [0, 0.1) is 5.92 Å². The number of nitrogens with one attached hydrogen (secondary N) is 1. The van der Waals surface area contributed by atoms with Crippen molar-refractivity contribution in [2.45, 2.75) is 13.0 Å². The van der Waals surface area contributed by atoms with Crippen molar-refractivity contribution in [2.24, 2.45) is 5.92 Å². The number of aromatic nitrogens is 3. The highest BCUT2D eigenvalue weighted by Crippen LogP contribution is 2.28. The number of methoxy groups -OCH3 is 1. The summed E-state index contributed by atoms with van der Waals surface area (Å²) >= 11 is 0. The van der Waals surface area contributed by atoms with Crippen LogP contribution in [-0.4, -0.2) is 40.2 Å². The molecule has 1 saturated heterocycles. The summed E-state index contributed by atoms with van der Waals surface area (Å²) in [6.45, 7) is 0.873. The van der Waals surface area contributed by atoms with Gasteiger partial charge in [0.1, 0.15) is 12.1 Å². The van der Waals surface area contributed by atoms with E-state index in [-0.39, 0.29) is 24.2 Å². The molecular formula is C21H21N5O3. The Bertz CT molecular complexity index is 1020. The van der Waals surface area contributed by atoms with E-state index in [9.17, 15) is 9.59 Å². The fourth-order valence-corrected chi connectivity index (χ4v) is 3.32. The summed E-state index contributed by atoms with van der Waals surface area (Å²) in [5, 5.41) is 7.01. The first-order valence-electron chi connectivity index (χ1n) is 9.31. The normalized spacial score (nSPS) is 16.1. The van der Waals surface area contributed by atoms with Gasteiger partial charge in [-0.2, -0.15) is 0 Å². The monoisotopic (exact) mass is 391 g/mol. The fourth-order valence-electron chi connectivity index (χ4n) is 3.32. The molecule has 0 aliphatic carbocycles. The number of nitrogens with zero attached hydrogens (tertiary/aromatic N) is 4. The Labute approximate surface area is 168 Å². The van der Waals surface area contributed by atoms with Crippen LogP contribution in [0.15, 0.2) is 60.9 Å². The molecule has 1 aliphatic rings. The van der Waals surface area contributed by atoms with E-state index in [1.807, 2.05) is 48.5 Å². The number of benzene rings is 2. The Morgan fingerprint density at radius 2 is 2.03 bits per heavy atom. The molecule has 0 radical (unpaired) electrons. The number of hydrogen-bond donors (Lipinski definition) is 1. The van der Waals surface area contributed by atoms with E-state index in [4.69, 9.17) is 4.74 Å². The molecule has 1 unspecified atom stereocenters. The van der Waals surface area contributed by atoms with Gasteiger partial charge in [0, 0.05) is 24.7 Å². The summed E-state index contributed by atoms with van der Waals surface area (Å²) < 4.78 is 6.87. The van der Waals surface area contributed by atoms with Gasteiger partial charge in [-0.15, -0.1) is 5.10 Å². The molecule has 4 rings (SSSR count). The van der Waals surface area contributed by atoms with E-state index >= 15 is 0 Å². The quantitative estimate of drug-likeness (QED) is 0.697. The van der Waals surface area contributed by atoms with Gasteiger partial charge < -0.3 is 9.64 Å². The van der Waals surface area contributed by atoms with Crippen molar-refractivity contribution in [3.63, 3.8) is 0 Å². The second-order valence-corrected chi connectivity index (χ2v) is 6.85. The van der Waals surface area contributed by atoms with Crippen molar-refractivity contribution < 1.29 is 14.3 Å². The zero-order valence-corrected chi connectivity index (χ0v) is 16.0. The first-order valence-corrected chi connectivity index (χ1v) is 9.31. The van der Waals surface area contributed by atoms with Gasteiger partial charge in [0.15, 0.2) is 0 Å². The molecule has 0 spiro atoms. The van der Waals surface area contributed by atoms with Gasteiger partial charge in [-0.3, -0.25) is 14.9 Å². The number of rotatable bonds is 6. The lowest BCUT2D eigenvalue weighted by molar-refractivity contribution is -0.122. The van der Waals surface area contributed by atoms with Crippen molar-refractivity contribution in [1.82, 2.24) is 14.8 Å². The zero-order valence-electron chi connectivity index (χ0n) is 16.0. The largest absolute Gasteiger partial charge is 0.497 e. The lowest BCUT2D eigenvalue weighted by atomic mass is 10.1. The molecule has 1 atom stereocenters. The van der Waals surface area contributed by atoms with Gasteiger partial charge in [0.05, 0.1) is 19.6 Å². The highest BCUT2D eigenvalue weighted by molar-refractivity contribution is 6.03. The van der Waals surface area contributed by atoms with Crippen LogP contribution in [0.1, 0.15) is 12.0 Å². The van der Waals surface area contributed by atoms with Crippen molar-refractivity contribution in [3.8, 4) is 5.75 Å². The number of ether oxygens (including phenoxy) is 1. The first-order chi connectivity index (χ1) is 14.1. The lowest BCUT2D eigenvalue weighted by Crippen LogP contribution is -2.28. The smallest absolute Gasteiger partial charge is 0.248 e. The fraction of sp³-hybridized carbons (Fsp3) is 0.238. The van der Waals surface area contributed by atoms with Gasteiger partial charge in [-0.25, -0.2) is 9.67 Å². The zero-order chi connectivity index (χ0) is 20.2. The van der Waals surface area contributed by atoms with Gasteiger partial charge >= 0.3 is 0 Å². The van der Waals surface area contributed by atoms with E-state index in [1.54, 1.807) is 29.1 Å². The molecule has 2 amide bonds. The van der Waals surface area contributed by atoms with Crippen LogP contribution >= 0.6 is 0 Å². The Balaban J connectivity index is 1.38. The third-order valence-corrected chi connectivity index (χ3v) is 4.82. The summed E-state index contributed by atoms with van der Waals surface area (Å²) in [4.78, 5) is 30.8. The second kappa shape index (κ2) is 8.14. The second-order valence-electron chi connectivity index (χ2n) is 6.85. The Kier molecular flexibility index (Phi) is 5.24. The lowest BCUT2D eigenvalue weighted by Gasteiger charge is -2.17. The minimum Gasteiger partial charge on any atom is -0.497 e. The highest BCUT2D eigenvalue weighted by atomic mass is 16.5. The third kappa shape index (κ3) is 4.26. The molecule has 8 heteroatoms. The maximum absolute atomic E-state index is 12.6. The summed E-state index contributed by atoms with van der Waals surface area (Å²) in [6.07, 6.45) is 1.72. The summed E-state index contributed by atoms with van der Waals surface area (Å²) in [6, 6.07) is 17.1. The van der Waals surface area contributed by atoms with Crippen LogP contribution in [0.2, 0.25) is 0 Å². The minimum atomic E-state index is -0.463. The highest BCUT2D eigenvalue weighted by Gasteiger charge is 2.35. The van der Waals surface area contributed by atoms with Crippen LogP contribution in [0.5, 0.6) is 5.75 Å². The van der Waals surface area contributed by atoms with Crippen LogP contribution in [0.3, 0.4) is 0 Å². The van der Waals surface area contributed by atoms with Crippen LogP contribution in [-0.2, 0) is 16.1 Å². The molecule has 1 N–H and O–H groups in total. The Morgan fingerprint density at radius 1 is 1.21 bits per heavy atom. The molecule has 1 fully saturated rings. The summed E-state index contributed by atoms with van der Waals surface area (Å²) in [5.41, 5.74) is 1.81. The van der Waals surface area contributed by atoms with E-state index in [1.165, 1.54) is 0 Å².